The number of hydrogen-bond donors (Lipinski definition) is 1. The topological polar surface area (TPSA) is 82.5 Å². The lowest BCUT2D eigenvalue weighted by Crippen LogP contribution is -2.36. The number of rotatable bonds is 9. The van der Waals surface area contributed by atoms with Gasteiger partial charge < -0.3 is 14.8 Å². The van der Waals surface area contributed by atoms with Crippen LogP contribution in [0.2, 0.25) is 0 Å². The summed E-state index contributed by atoms with van der Waals surface area (Å²) in [5.74, 6) is -0.347. The number of para-hydroxylation sites is 1. The van der Waals surface area contributed by atoms with Gasteiger partial charge in [-0.1, -0.05) is 49.4 Å². The van der Waals surface area contributed by atoms with Crippen LogP contribution < -0.4 is 10.1 Å². The predicted molar refractivity (Wildman–Crippen MR) is 118 cm³/mol. The van der Waals surface area contributed by atoms with Gasteiger partial charge in [-0.3, -0.25) is 9.48 Å². The average molecular weight is 421 g/mol. The molecule has 0 spiro atoms. The minimum absolute atomic E-state index is 0.274. The van der Waals surface area contributed by atoms with Crippen molar-refractivity contribution in [3.05, 3.63) is 71.9 Å². The molecule has 0 saturated carbocycles. The number of nitrogens with zero attached hydrogens (tertiary/aromatic N) is 2. The number of ether oxygens (including phenoxy) is 2. The van der Waals surface area contributed by atoms with E-state index >= 15 is 0 Å². The molecule has 0 unspecified atom stereocenters. The van der Waals surface area contributed by atoms with E-state index in [2.05, 4.69) is 10.4 Å². The molecule has 0 fully saturated rings. The van der Waals surface area contributed by atoms with Crippen LogP contribution in [0.25, 0.3) is 11.3 Å². The fourth-order valence-electron chi connectivity index (χ4n) is 3.13. The number of carbonyl (C=O) groups is 2. The lowest BCUT2D eigenvalue weighted by molar-refractivity contribution is -0.129. The molecule has 162 valence electrons. The summed E-state index contributed by atoms with van der Waals surface area (Å²) in [6.45, 7) is 4.53. The van der Waals surface area contributed by atoms with E-state index < -0.39 is 12.1 Å². The fourth-order valence-corrected chi connectivity index (χ4v) is 3.13. The predicted octanol–water partition coefficient (Wildman–Crippen LogP) is 3.68. The van der Waals surface area contributed by atoms with Crippen LogP contribution in [-0.4, -0.2) is 41.4 Å². The lowest BCUT2D eigenvalue weighted by Gasteiger charge is -2.13. The van der Waals surface area contributed by atoms with Gasteiger partial charge in [0.15, 0.2) is 6.10 Å². The third-order valence-electron chi connectivity index (χ3n) is 4.73. The smallest absolute Gasteiger partial charge is 0.342 e. The monoisotopic (exact) mass is 421 g/mol. The van der Waals surface area contributed by atoms with Crippen molar-refractivity contribution in [3.63, 3.8) is 0 Å². The van der Waals surface area contributed by atoms with Crippen LogP contribution >= 0.6 is 0 Å². The van der Waals surface area contributed by atoms with Crippen LogP contribution in [0.1, 0.15) is 36.2 Å². The van der Waals surface area contributed by atoms with Crippen molar-refractivity contribution >= 4 is 11.9 Å². The van der Waals surface area contributed by atoms with E-state index in [4.69, 9.17) is 9.47 Å². The Morgan fingerprint density at radius 1 is 1.10 bits per heavy atom. The van der Waals surface area contributed by atoms with Gasteiger partial charge in [0, 0.05) is 18.3 Å². The molecule has 1 N–H and O–H groups in total. The highest BCUT2D eigenvalue weighted by Crippen LogP contribution is 2.31. The summed E-state index contributed by atoms with van der Waals surface area (Å²) in [5, 5.41) is 7.38. The van der Waals surface area contributed by atoms with E-state index in [0.29, 0.717) is 30.1 Å². The summed E-state index contributed by atoms with van der Waals surface area (Å²) in [4.78, 5) is 25.1. The second-order valence-electron chi connectivity index (χ2n) is 7.11. The second-order valence-corrected chi connectivity index (χ2v) is 7.11. The van der Waals surface area contributed by atoms with E-state index in [9.17, 15) is 9.59 Å². The maximum absolute atomic E-state index is 13.0. The molecule has 7 nitrogen and oxygen atoms in total. The quantitative estimate of drug-likeness (QED) is 0.533. The van der Waals surface area contributed by atoms with Crippen LogP contribution in [0.5, 0.6) is 5.75 Å². The molecule has 1 heterocycles. The zero-order valence-corrected chi connectivity index (χ0v) is 18.0. The maximum atomic E-state index is 13.0. The molecule has 1 amide bonds. The molecule has 31 heavy (non-hydrogen) atoms. The standard InChI is InChI=1S/C24H27N3O4/c1-4-14-25-23(28)17(2)31-24(29)20-16-27(15-18-10-6-5-7-11-18)26-22(20)19-12-8-9-13-21(19)30-3/h5-13,16-17H,4,14-15H2,1-3H3,(H,25,28)/t17-/m0/s1. The Labute approximate surface area is 182 Å². The molecule has 0 aliphatic carbocycles. The first-order chi connectivity index (χ1) is 15.0. The van der Waals surface area contributed by atoms with Crippen molar-refractivity contribution < 1.29 is 19.1 Å². The van der Waals surface area contributed by atoms with E-state index in [1.165, 1.54) is 0 Å². The molecule has 1 aromatic heterocycles. The summed E-state index contributed by atoms with van der Waals surface area (Å²) in [7, 11) is 1.57. The zero-order chi connectivity index (χ0) is 22.2. The Hall–Kier alpha value is -3.61. The first-order valence-electron chi connectivity index (χ1n) is 10.3. The van der Waals surface area contributed by atoms with Gasteiger partial charge >= 0.3 is 5.97 Å². The van der Waals surface area contributed by atoms with Crippen molar-refractivity contribution in [2.75, 3.05) is 13.7 Å². The molecule has 0 aliphatic rings. The minimum Gasteiger partial charge on any atom is -0.496 e. The summed E-state index contributed by atoms with van der Waals surface area (Å²) in [5.41, 5.74) is 2.44. The van der Waals surface area contributed by atoms with Gasteiger partial charge in [-0.15, -0.1) is 0 Å². The number of aromatic nitrogens is 2. The number of esters is 1. The lowest BCUT2D eigenvalue weighted by atomic mass is 10.1. The van der Waals surface area contributed by atoms with Gasteiger partial charge in [-0.05, 0) is 31.0 Å². The van der Waals surface area contributed by atoms with Crippen LogP contribution in [0.3, 0.4) is 0 Å². The molecule has 1 atom stereocenters. The Bertz CT molecular complexity index is 1030. The SMILES string of the molecule is CCCNC(=O)[C@H](C)OC(=O)c1cn(Cc2ccccc2)nc1-c1ccccc1OC. The average Bonchev–Trinajstić information content (AvgIpc) is 3.21. The molecule has 3 rings (SSSR count). The van der Waals surface area contributed by atoms with Gasteiger partial charge in [-0.2, -0.15) is 5.10 Å². The van der Waals surface area contributed by atoms with Crippen molar-refractivity contribution in [2.24, 2.45) is 0 Å². The molecule has 7 heteroatoms. The van der Waals surface area contributed by atoms with Crippen molar-refractivity contribution in [2.45, 2.75) is 32.9 Å². The number of benzene rings is 2. The Morgan fingerprint density at radius 3 is 2.52 bits per heavy atom. The first kappa shape index (κ1) is 22.1. The van der Waals surface area contributed by atoms with Crippen molar-refractivity contribution in [1.29, 1.82) is 0 Å². The number of methoxy groups -OCH3 is 1. The number of nitrogens with one attached hydrogen (secondary N) is 1. The minimum atomic E-state index is -0.915. The van der Waals surface area contributed by atoms with Crippen LogP contribution in [0.4, 0.5) is 0 Å². The summed E-state index contributed by atoms with van der Waals surface area (Å²) in [6, 6.07) is 17.2. The normalized spacial score (nSPS) is 11.6. The Balaban J connectivity index is 1.93. The molecular weight excluding hydrogens is 394 g/mol. The third kappa shape index (κ3) is 5.51. The highest BCUT2D eigenvalue weighted by Gasteiger charge is 2.25. The van der Waals surface area contributed by atoms with E-state index in [1.54, 1.807) is 24.9 Å². The summed E-state index contributed by atoms with van der Waals surface area (Å²) < 4.78 is 12.6. The van der Waals surface area contributed by atoms with Crippen molar-refractivity contribution in [1.82, 2.24) is 15.1 Å². The second kappa shape index (κ2) is 10.4. The number of carbonyl (C=O) groups excluding carboxylic acids is 2. The van der Waals surface area contributed by atoms with Crippen LogP contribution in [0, 0.1) is 0 Å². The van der Waals surface area contributed by atoms with Crippen LogP contribution in [-0.2, 0) is 16.1 Å². The van der Waals surface area contributed by atoms with Gasteiger partial charge in [0.1, 0.15) is 17.0 Å². The van der Waals surface area contributed by atoms with Gasteiger partial charge in [0.2, 0.25) is 0 Å². The van der Waals surface area contributed by atoms with E-state index in [0.717, 1.165) is 12.0 Å². The molecule has 0 saturated heterocycles. The largest absolute Gasteiger partial charge is 0.496 e. The van der Waals surface area contributed by atoms with E-state index in [1.807, 2.05) is 61.5 Å². The third-order valence-corrected chi connectivity index (χ3v) is 4.73. The summed E-state index contributed by atoms with van der Waals surface area (Å²) >= 11 is 0. The van der Waals surface area contributed by atoms with Gasteiger partial charge in [0.25, 0.3) is 5.91 Å². The Morgan fingerprint density at radius 2 is 1.81 bits per heavy atom. The first-order valence-corrected chi connectivity index (χ1v) is 10.3. The van der Waals surface area contributed by atoms with E-state index in [-0.39, 0.29) is 11.5 Å². The molecule has 2 aromatic carbocycles. The number of amides is 1. The number of hydrogen-bond acceptors (Lipinski definition) is 5. The summed E-state index contributed by atoms with van der Waals surface area (Å²) in [6.07, 6.45) is 1.53. The van der Waals surface area contributed by atoms with Crippen molar-refractivity contribution in [3.8, 4) is 17.0 Å². The highest BCUT2D eigenvalue weighted by molar-refractivity contribution is 5.98. The van der Waals surface area contributed by atoms with Gasteiger partial charge in [0.05, 0.1) is 13.7 Å². The van der Waals surface area contributed by atoms with Crippen LogP contribution in [0.15, 0.2) is 60.8 Å². The Kier molecular flexibility index (Phi) is 7.43. The molecule has 3 aromatic rings. The van der Waals surface area contributed by atoms with Gasteiger partial charge in [-0.25, -0.2) is 4.79 Å². The maximum Gasteiger partial charge on any atom is 0.342 e. The fraction of sp³-hybridized carbons (Fsp3) is 0.292. The highest BCUT2D eigenvalue weighted by atomic mass is 16.5. The molecular formula is C24H27N3O4. The molecule has 0 bridgehead atoms. The molecule has 0 radical (unpaired) electrons. The molecule has 0 aliphatic heterocycles. The zero-order valence-electron chi connectivity index (χ0n) is 18.0.